The minimum atomic E-state index is -0.378. The number of benzene rings is 1. The molecule has 0 saturated heterocycles. The average Bonchev–Trinajstić information content (AvgIpc) is 3.02. The van der Waals surface area contributed by atoms with Gasteiger partial charge in [0.1, 0.15) is 5.75 Å². The summed E-state index contributed by atoms with van der Waals surface area (Å²) in [6.07, 6.45) is 5.94. The standard InChI is InChI=1S/C17H26N2O2/c1-21-15-8-6-7-14(13-15)17(9-2-3-10-17)16(20)19-12-5-4-11-18/h6-8,13H,2-5,9-12,18H2,1H3,(H,19,20). The first-order valence-electron chi connectivity index (χ1n) is 7.86. The highest BCUT2D eigenvalue weighted by Gasteiger charge is 2.42. The van der Waals surface area contributed by atoms with E-state index in [1.807, 2.05) is 24.3 Å². The van der Waals surface area contributed by atoms with Gasteiger partial charge in [-0.15, -0.1) is 0 Å². The maximum absolute atomic E-state index is 12.7. The highest BCUT2D eigenvalue weighted by atomic mass is 16.5. The van der Waals surface area contributed by atoms with E-state index in [1.165, 1.54) is 0 Å². The molecular weight excluding hydrogens is 264 g/mol. The number of unbranched alkanes of at least 4 members (excludes halogenated alkanes) is 1. The van der Waals surface area contributed by atoms with Crippen LogP contribution in [0.2, 0.25) is 0 Å². The Morgan fingerprint density at radius 2 is 2.10 bits per heavy atom. The smallest absolute Gasteiger partial charge is 0.230 e. The van der Waals surface area contributed by atoms with Crippen molar-refractivity contribution in [2.24, 2.45) is 5.73 Å². The lowest BCUT2D eigenvalue weighted by molar-refractivity contribution is -0.126. The van der Waals surface area contributed by atoms with Gasteiger partial charge in [-0.3, -0.25) is 4.79 Å². The lowest BCUT2D eigenvalue weighted by Gasteiger charge is -2.28. The fourth-order valence-corrected chi connectivity index (χ4v) is 3.19. The van der Waals surface area contributed by atoms with Gasteiger partial charge < -0.3 is 15.8 Å². The van der Waals surface area contributed by atoms with E-state index in [-0.39, 0.29) is 11.3 Å². The molecule has 3 N–H and O–H groups in total. The quantitative estimate of drug-likeness (QED) is 0.758. The molecule has 21 heavy (non-hydrogen) atoms. The third-order valence-corrected chi connectivity index (χ3v) is 4.43. The second kappa shape index (κ2) is 7.46. The third kappa shape index (κ3) is 3.56. The molecule has 1 aliphatic carbocycles. The van der Waals surface area contributed by atoms with Crippen LogP contribution in [0.25, 0.3) is 0 Å². The molecule has 4 nitrogen and oxygen atoms in total. The molecule has 1 amide bonds. The summed E-state index contributed by atoms with van der Waals surface area (Å²) in [5, 5.41) is 3.10. The van der Waals surface area contributed by atoms with Gasteiger partial charge in [-0.05, 0) is 49.9 Å². The van der Waals surface area contributed by atoms with Crippen LogP contribution in [-0.2, 0) is 10.2 Å². The Morgan fingerprint density at radius 3 is 2.76 bits per heavy atom. The number of nitrogens with two attached hydrogens (primary N) is 1. The van der Waals surface area contributed by atoms with Crippen LogP contribution in [0.1, 0.15) is 44.1 Å². The van der Waals surface area contributed by atoms with E-state index in [2.05, 4.69) is 5.32 Å². The Bertz CT molecular complexity index is 468. The predicted octanol–water partition coefficient (Wildman–Crippen LogP) is 2.36. The van der Waals surface area contributed by atoms with E-state index in [4.69, 9.17) is 10.5 Å². The summed E-state index contributed by atoms with van der Waals surface area (Å²) in [6, 6.07) is 7.94. The molecule has 1 fully saturated rings. The third-order valence-electron chi connectivity index (χ3n) is 4.43. The van der Waals surface area contributed by atoms with Crippen molar-refractivity contribution < 1.29 is 9.53 Å². The van der Waals surface area contributed by atoms with Gasteiger partial charge in [-0.2, -0.15) is 0 Å². The lowest BCUT2D eigenvalue weighted by Crippen LogP contribution is -2.43. The van der Waals surface area contributed by atoms with Crippen molar-refractivity contribution in [3.63, 3.8) is 0 Å². The fraction of sp³-hybridized carbons (Fsp3) is 0.588. The Hall–Kier alpha value is -1.55. The van der Waals surface area contributed by atoms with Gasteiger partial charge in [-0.25, -0.2) is 0 Å². The van der Waals surface area contributed by atoms with Crippen molar-refractivity contribution in [3.8, 4) is 5.75 Å². The molecule has 1 aromatic carbocycles. The van der Waals surface area contributed by atoms with Gasteiger partial charge in [0.2, 0.25) is 5.91 Å². The molecule has 2 rings (SSSR count). The van der Waals surface area contributed by atoms with Crippen LogP contribution in [-0.4, -0.2) is 26.1 Å². The first kappa shape index (κ1) is 15.8. The van der Waals surface area contributed by atoms with E-state index >= 15 is 0 Å². The van der Waals surface area contributed by atoms with Crippen molar-refractivity contribution in [1.29, 1.82) is 0 Å². The van der Waals surface area contributed by atoms with Crippen LogP contribution in [0.15, 0.2) is 24.3 Å². The molecule has 0 bridgehead atoms. The lowest BCUT2D eigenvalue weighted by atomic mass is 9.78. The summed E-state index contributed by atoms with van der Waals surface area (Å²) >= 11 is 0. The second-order valence-electron chi connectivity index (χ2n) is 5.77. The minimum absolute atomic E-state index is 0.158. The van der Waals surface area contributed by atoms with E-state index in [0.29, 0.717) is 13.1 Å². The molecule has 1 saturated carbocycles. The van der Waals surface area contributed by atoms with Crippen LogP contribution < -0.4 is 15.8 Å². The van der Waals surface area contributed by atoms with Crippen LogP contribution in [0.3, 0.4) is 0 Å². The summed E-state index contributed by atoms with van der Waals surface area (Å²) in [6.45, 7) is 1.39. The molecule has 1 aromatic rings. The molecule has 0 aromatic heterocycles. The predicted molar refractivity (Wildman–Crippen MR) is 84.4 cm³/mol. The summed E-state index contributed by atoms with van der Waals surface area (Å²) < 4.78 is 5.31. The number of rotatable bonds is 7. The number of hydrogen-bond acceptors (Lipinski definition) is 3. The van der Waals surface area contributed by atoms with Gasteiger partial charge in [0.05, 0.1) is 12.5 Å². The molecule has 0 aliphatic heterocycles. The van der Waals surface area contributed by atoms with Gasteiger partial charge in [0, 0.05) is 6.54 Å². The molecule has 1 aliphatic rings. The first-order chi connectivity index (χ1) is 10.2. The topological polar surface area (TPSA) is 64.3 Å². The van der Waals surface area contributed by atoms with Crippen LogP contribution in [0, 0.1) is 0 Å². The Balaban J connectivity index is 2.13. The Labute approximate surface area is 127 Å². The molecule has 0 heterocycles. The zero-order valence-corrected chi connectivity index (χ0v) is 12.9. The normalized spacial score (nSPS) is 16.7. The molecule has 0 unspecified atom stereocenters. The number of carbonyl (C=O) groups excluding carboxylic acids is 1. The highest BCUT2D eigenvalue weighted by molar-refractivity contribution is 5.88. The van der Waals surface area contributed by atoms with Gasteiger partial charge in [0.25, 0.3) is 0 Å². The monoisotopic (exact) mass is 290 g/mol. The van der Waals surface area contributed by atoms with Crippen LogP contribution in [0.5, 0.6) is 5.75 Å². The van der Waals surface area contributed by atoms with Crippen molar-refractivity contribution in [2.45, 2.75) is 43.9 Å². The maximum atomic E-state index is 12.7. The number of methoxy groups -OCH3 is 1. The number of nitrogens with one attached hydrogen (secondary N) is 1. The largest absolute Gasteiger partial charge is 0.497 e. The van der Waals surface area contributed by atoms with Crippen molar-refractivity contribution >= 4 is 5.91 Å². The number of hydrogen-bond donors (Lipinski definition) is 2. The van der Waals surface area contributed by atoms with E-state index in [0.717, 1.165) is 49.8 Å². The first-order valence-corrected chi connectivity index (χ1v) is 7.86. The Kier molecular flexibility index (Phi) is 5.62. The summed E-state index contributed by atoms with van der Waals surface area (Å²) in [5.41, 5.74) is 6.19. The second-order valence-corrected chi connectivity index (χ2v) is 5.77. The van der Waals surface area contributed by atoms with Crippen molar-refractivity contribution in [3.05, 3.63) is 29.8 Å². The van der Waals surface area contributed by atoms with E-state index < -0.39 is 0 Å². The van der Waals surface area contributed by atoms with E-state index in [1.54, 1.807) is 7.11 Å². The van der Waals surface area contributed by atoms with Crippen LogP contribution in [0.4, 0.5) is 0 Å². The number of amides is 1. The maximum Gasteiger partial charge on any atom is 0.230 e. The van der Waals surface area contributed by atoms with Gasteiger partial charge >= 0.3 is 0 Å². The van der Waals surface area contributed by atoms with E-state index in [9.17, 15) is 4.79 Å². The summed E-state index contributed by atoms with van der Waals surface area (Å²) in [4.78, 5) is 12.7. The number of carbonyl (C=O) groups is 1. The van der Waals surface area contributed by atoms with Gasteiger partial charge in [-0.1, -0.05) is 25.0 Å². The molecule has 0 radical (unpaired) electrons. The Morgan fingerprint density at radius 1 is 1.33 bits per heavy atom. The molecule has 116 valence electrons. The SMILES string of the molecule is COc1cccc(C2(C(=O)NCCCCN)CCCC2)c1. The average molecular weight is 290 g/mol. The van der Waals surface area contributed by atoms with Crippen LogP contribution >= 0.6 is 0 Å². The highest BCUT2D eigenvalue weighted by Crippen LogP contribution is 2.42. The van der Waals surface area contributed by atoms with Crippen molar-refractivity contribution in [1.82, 2.24) is 5.32 Å². The van der Waals surface area contributed by atoms with Crippen molar-refractivity contribution in [2.75, 3.05) is 20.2 Å². The zero-order chi connectivity index (χ0) is 15.1. The minimum Gasteiger partial charge on any atom is -0.497 e. The molecular formula is C17H26N2O2. The van der Waals surface area contributed by atoms with Gasteiger partial charge in [0.15, 0.2) is 0 Å². The molecule has 4 heteroatoms. The zero-order valence-electron chi connectivity index (χ0n) is 12.9. The molecule has 0 atom stereocenters. The summed E-state index contributed by atoms with van der Waals surface area (Å²) in [5.74, 6) is 0.972. The number of ether oxygens (including phenoxy) is 1. The fourth-order valence-electron chi connectivity index (χ4n) is 3.19. The molecule has 0 spiro atoms. The summed E-state index contributed by atoms with van der Waals surface area (Å²) in [7, 11) is 1.66.